The van der Waals surface area contributed by atoms with Gasteiger partial charge in [-0.3, -0.25) is 14.7 Å². The van der Waals surface area contributed by atoms with E-state index in [4.69, 9.17) is 4.99 Å². The monoisotopic (exact) mass is 393 g/mol. The number of nitrogens with one attached hydrogen (secondary N) is 2. The summed E-state index contributed by atoms with van der Waals surface area (Å²) in [5.74, 6) is 1.73. The molecule has 7 heteroatoms. The summed E-state index contributed by atoms with van der Waals surface area (Å²) in [6.45, 7) is 8.81. The van der Waals surface area contributed by atoms with Crippen LogP contribution in [-0.2, 0) is 4.79 Å². The molecule has 1 unspecified atom stereocenters. The second-order valence-corrected chi connectivity index (χ2v) is 8.41. The minimum atomic E-state index is 0.122. The summed E-state index contributed by atoms with van der Waals surface area (Å²) in [5, 5.41) is 8.74. The molecule has 0 spiro atoms. The summed E-state index contributed by atoms with van der Waals surface area (Å²) < 4.78 is 0. The fourth-order valence-electron chi connectivity index (χ4n) is 3.24. The van der Waals surface area contributed by atoms with Crippen LogP contribution in [0.25, 0.3) is 0 Å². The number of aliphatic imine (C=N–C) groups is 1. The molecule has 27 heavy (non-hydrogen) atoms. The second kappa shape index (κ2) is 11.3. The number of hydrogen-bond donors (Lipinski definition) is 2. The molecule has 1 aliphatic heterocycles. The van der Waals surface area contributed by atoms with Gasteiger partial charge in [-0.25, -0.2) is 0 Å². The molecule has 6 nitrogen and oxygen atoms in total. The van der Waals surface area contributed by atoms with E-state index in [-0.39, 0.29) is 5.91 Å². The van der Waals surface area contributed by atoms with E-state index < -0.39 is 0 Å². The van der Waals surface area contributed by atoms with Crippen molar-refractivity contribution < 1.29 is 4.79 Å². The minimum absolute atomic E-state index is 0.122. The molecule has 1 aliphatic rings. The minimum Gasteiger partial charge on any atom is -0.357 e. The van der Waals surface area contributed by atoms with Crippen LogP contribution in [0.15, 0.2) is 22.5 Å². The first-order valence-electron chi connectivity index (χ1n) is 10.0. The van der Waals surface area contributed by atoms with Crippen LogP contribution >= 0.6 is 11.3 Å². The largest absolute Gasteiger partial charge is 0.357 e. The van der Waals surface area contributed by atoms with Gasteiger partial charge in [0, 0.05) is 38.5 Å². The fraction of sp³-hybridized carbons (Fsp3) is 0.700. The first-order chi connectivity index (χ1) is 13.0. The van der Waals surface area contributed by atoms with Crippen molar-refractivity contribution in [2.75, 3.05) is 46.8 Å². The Morgan fingerprint density at radius 1 is 1.37 bits per heavy atom. The van der Waals surface area contributed by atoms with E-state index in [2.05, 4.69) is 46.9 Å². The number of amides is 1. The Morgan fingerprint density at radius 2 is 2.11 bits per heavy atom. The Bertz CT molecular complexity index is 579. The highest BCUT2D eigenvalue weighted by Gasteiger charge is 2.25. The van der Waals surface area contributed by atoms with E-state index in [1.807, 2.05) is 11.3 Å². The number of nitrogens with zero attached hydrogens (tertiary/aromatic N) is 3. The summed E-state index contributed by atoms with van der Waals surface area (Å²) in [6, 6.07) is 4.68. The van der Waals surface area contributed by atoms with Crippen molar-refractivity contribution in [1.82, 2.24) is 20.4 Å². The first-order valence-corrected chi connectivity index (χ1v) is 10.9. The number of thiophene rings is 1. The van der Waals surface area contributed by atoms with Crippen LogP contribution in [0, 0.1) is 5.92 Å². The van der Waals surface area contributed by atoms with Crippen LogP contribution in [0.1, 0.15) is 44.0 Å². The zero-order chi connectivity index (χ0) is 19.6. The molecule has 1 aromatic rings. The topological polar surface area (TPSA) is 60.0 Å². The molecule has 0 saturated carbocycles. The molecule has 1 atom stereocenters. The maximum Gasteiger partial charge on any atom is 0.223 e. The van der Waals surface area contributed by atoms with Gasteiger partial charge in [0.15, 0.2) is 5.96 Å². The third-order valence-electron chi connectivity index (χ3n) is 5.03. The van der Waals surface area contributed by atoms with Gasteiger partial charge in [0.1, 0.15) is 0 Å². The lowest BCUT2D eigenvalue weighted by Gasteiger charge is -2.35. The molecule has 2 rings (SSSR count). The van der Waals surface area contributed by atoms with Gasteiger partial charge in [-0.15, -0.1) is 11.3 Å². The fourth-order valence-corrected chi connectivity index (χ4v) is 4.09. The van der Waals surface area contributed by atoms with Crippen molar-refractivity contribution in [2.24, 2.45) is 10.9 Å². The van der Waals surface area contributed by atoms with Gasteiger partial charge in [-0.2, -0.15) is 0 Å². The molecule has 1 fully saturated rings. The Balaban J connectivity index is 1.99. The number of rotatable bonds is 8. The quantitative estimate of drug-likeness (QED) is 0.526. The molecule has 2 heterocycles. The second-order valence-electron chi connectivity index (χ2n) is 7.43. The SMILES string of the molecule is CCNC(=NCC(c1cccs1)N1CCC(C)CC1)NCCC(=O)N(C)C. The predicted octanol–water partition coefficient (Wildman–Crippen LogP) is 2.55. The van der Waals surface area contributed by atoms with Crippen LogP contribution < -0.4 is 10.6 Å². The Kier molecular flexibility index (Phi) is 9.07. The number of hydrogen-bond acceptors (Lipinski definition) is 4. The van der Waals surface area contributed by atoms with Gasteiger partial charge in [-0.05, 0) is 50.2 Å². The van der Waals surface area contributed by atoms with E-state index in [9.17, 15) is 4.79 Å². The zero-order valence-corrected chi connectivity index (χ0v) is 18.0. The maximum absolute atomic E-state index is 11.8. The normalized spacial score (nSPS) is 17.6. The van der Waals surface area contributed by atoms with Crippen molar-refractivity contribution in [1.29, 1.82) is 0 Å². The standard InChI is InChI=1S/C20H35N5OS/c1-5-21-20(22-11-8-19(26)24(3)4)23-15-17(18-7-6-14-27-18)25-12-9-16(2)10-13-25/h6-7,14,16-17H,5,8-13,15H2,1-4H3,(H2,21,22,23). The van der Waals surface area contributed by atoms with Crippen LogP contribution in [0.3, 0.4) is 0 Å². The molecular weight excluding hydrogens is 358 g/mol. The van der Waals surface area contributed by atoms with Gasteiger partial charge in [0.05, 0.1) is 12.6 Å². The predicted molar refractivity (Wildman–Crippen MR) is 114 cm³/mol. The molecular formula is C20H35N5OS. The molecule has 1 saturated heterocycles. The summed E-state index contributed by atoms with van der Waals surface area (Å²) in [7, 11) is 3.57. The van der Waals surface area contributed by atoms with Gasteiger partial charge in [0.2, 0.25) is 5.91 Å². The summed E-state index contributed by atoms with van der Waals surface area (Å²) >= 11 is 1.81. The van der Waals surface area contributed by atoms with Crippen LogP contribution in [0.4, 0.5) is 0 Å². The maximum atomic E-state index is 11.8. The van der Waals surface area contributed by atoms with Gasteiger partial charge in [0.25, 0.3) is 0 Å². The van der Waals surface area contributed by atoms with Crippen molar-refractivity contribution in [3.8, 4) is 0 Å². The van der Waals surface area contributed by atoms with E-state index >= 15 is 0 Å². The third kappa shape index (κ3) is 7.14. The van der Waals surface area contributed by atoms with Crippen molar-refractivity contribution >= 4 is 23.2 Å². The average Bonchev–Trinajstić information content (AvgIpc) is 3.17. The highest BCUT2D eigenvalue weighted by atomic mass is 32.1. The van der Waals surface area contributed by atoms with Crippen molar-refractivity contribution in [3.63, 3.8) is 0 Å². The van der Waals surface area contributed by atoms with E-state index in [1.165, 1.54) is 17.7 Å². The van der Waals surface area contributed by atoms with Crippen molar-refractivity contribution in [3.05, 3.63) is 22.4 Å². The number of carbonyl (C=O) groups is 1. The zero-order valence-electron chi connectivity index (χ0n) is 17.2. The molecule has 152 valence electrons. The number of likely N-dealkylation sites (tertiary alicyclic amines) is 1. The Morgan fingerprint density at radius 3 is 2.70 bits per heavy atom. The van der Waals surface area contributed by atoms with Gasteiger partial charge in [-0.1, -0.05) is 13.0 Å². The molecule has 0 aliphatic carbocycles. The summed E-state index contributed by atoms with van der Waals surface area (Å²) in [6.07, 6.45) is 2.99. The smallest absolute Gasteiger partial charge is 0.223 e. The van der Waals surface area contributed by atoms with E-state index in [0.717, 1.165) is 38.1 Å². The molecule has 0 bridgehead atoms. The van der Waals surface area contributed by atoms with Crippen molar-refractivity contribution in [2.45, 2.75) is 39.2 Å². The van der Waals surface area contributed by atoms with Crippen LogP contribution in [0.2, 0.25) is 0 Å². The molecule has 0 radical (unpaired) electrons. The lowest BCUT2D eigenvalue weighted by atomic mass is 9.97. The first kappa shape index (κ1) is 21.7. The van der Waals surface area contributed by atoms with Gasteiger partial charge < -0.3 is 15.5 Å². The Labute approximate surface area is 168 Å². The summed E-state index contributed by atoms with van der Waals surface area (Å²) in [5.41, 5.74) is 0. The number of guanidine groups is 1. The average molecular weight is 394 g/mol. The van der Waals surface area contributed by atoms with E-state index in [0.29, 0.717) is 19.0 Å². The van der Waals surface area contributed by atoms with Gasteiger partial charge >= 0.3 is 0 Å². The van der Waals surface area contributed by atoms with Crippen LogP contribution in [0.5, 0.6) is 0 Å². The lowest BCUT2D eigenvalue weighted by Crippen LogP contribution is -2.41. The molecule has 2 N–H and O–H groups in total. The van der Waals surface area contributed by atoms with E-state index in [1.54, 1.807) is 19.0 Å². The highest BCUT2D eigenvalue weighted by molar-refractivity contribution is 7.10. The number of carbonyl (C=O) groups excluding carboxylic acids is 1. The third-order valence-corrected chi connectivity index (χ3v) is 6.00. The Hall–Kier alpha value is -1.60. The highest BCUT2D eigenvalue weighted by Crippen LogP contribution is 2.29. The molecule has 1 aromatic heterocycles. The number of piperidine rings is 1. The molecule has 0 aromatic carbocycles. The van der Waals surface area contributed by atoms with Crippen LogP contribution in [-0.4, -0.2) is 68.5 Å². The lowest BCUT2D eigenvalue weighted by molar-refractivity contribution is -0.128. The molecule has 1 amide bonds. The summed E-state index contributed by atoms with van der Waals surface area (Å²) in [4.78, 5) is 22.2.